The van der Waals surface area contributed by atoms with Gasteiger partial charge in [0.15, 0.2) is 0 Å². The van der Waals surface area contributed by atoms with Crippen molar-refractivity contribution in [1.82, 2.24) is 10.3 Å². The van der Waals surface area contributed by atoms with Crippen molar-refractivity contribution in [1.29, 1.82) is 0 Å². The minimum absolute atomic E-state index is 0.168. The standard InChI is InChI=1S/C12H17BrN2O2S/c1-8(2)15-10(12(16)17)5-6-18-11-4-3-9(13)7-14-11/h3-4,7-8,10,15H,5-6H2,1-2H3,(H,16,17). The third-order valence-electron chi connectivity index (χ3n) is 2.19. The normalized spacial score (nSPS) is 12.7. The number of nitrogens with one attached hydrogen (secondary N) is 1. The molecule has 1 aromatic heterocycles. The number of carbonyl (C=O) groups is 1. The van der Waals surface area contributed by atoms with E-state index in [9.17, 15) is 4.79 Å². The lowest BCUT2D eigenvalue weighted by molar-refractivity contribution is -0.139. The monoisotopic (exact) mass is 332 g/mol. The van der Waals surface area contributed by atoms with Crippen LogP contribution in [0.2, 0.25) is 0 Å². The summed E-state index contributed by atoms with van der Waals surface area (Å²) in [7, 11) is 0. The number of aromatic nitrogens is 1. The lowest BCUT2D eigenvalue weighted by Gasteiger charge is -2.16. The summed E-state index contributed by atoms with van der Waals surface area (Å²) in [6, 6.07) is 3.52. The number of nitrogens with zero attached hydrogens (tertiary/aromatic N) is 1. The fourth-order valence-electron chi connectivity index (χ4n) is 1.41. The smallest absolute Gasteiger partial charge is 0.320 e. The van der Waals surface area contributed by atoms with Crippen LogP contribution in [0.5, 0.6) is 0 Å². The van der Waals surface area contributed by atoms with Crippen LogP contribution in [-0.2, 0) is 4.79 Å². The third-order valence-corrected chi connectivity index (χ3v) is 3.64. The maximum atomic E-state index is 11.0. The first-order valence-corrected chi connectivity index (χ1v) is 7.50. The van der Waals surface area contributed by atoms with Crippen LogP contribution < -0.4 is 5.32 Å². The molecular weight excluding hydrogens is 316 g/mol. The molecule has 1 rings (SSSR count). The van der Waals surface area contributed by atoms with Crippen LogP contribution >= 0.6 is 27.7 Å². The number of rotatable bonds is 7. The fraction of sp³-hybridized carbons (Fsp3) is 0.500. The maximum Gasteiger partial charge on any atom is 0.320 e. The van der Waals surface area contributed by atoms with Gasteiger partial charge in [0.25, 0.3) is 0 Å². The van der Waals surface area contributed by atoms with Gasteiger partial charge in [-0.3, -0.25) is 4.79 Å². The Kier molecular flexibility index (Phi) is 6.67. The van der Waals surface area contributed by atoms with Crippen LogP contribution in [0.4, 0.5) is 0 Å². The molecule has 0 bridgehead atoms. The molecule has 0 amide bonds. The fourth-order valence-corrected chi connectivity index (χ4v) is 2.50. The Balaban J connectivity index is 2.38. The first-order valence-electron chi connectivity index (χ1n) is 5.72. The van der Waals surface area contributed by atoms with Crippen LogP contribution in [-0.4, -0.2) is 33.9 Å². The highest BCUT2D eigenvalue weighted by atomic mass is 79.9. The minimum atomic E-state index is -0.798. The molecule has 0 aromatic carbocycles. The maximum absolute atomic E-state index is 11.0. The van der Waals surface area contributed by atoms with Crippen LogP contribution in [0.15, 0.2) is 27.8 Å². The largest absolute Gasteiger partial charge is 0.480 e. The van der Waals surface area contributed by atoms with Gasteiger partial charge in [-0.1, -0.05) is 13.8 Å². The number of thioether (sulfide) groups is 1. The van der Waals surface area contributed by atoms with E-state index in [-0.39, 0.29) is 6.04 Å². The number of halogens is 1. The van der Waals surface area contributed by atoms with Crippen molar-refractivity contribution in [3.63, 3.8) is 0 Å². The van der Waals surface area contributed by atoms with Crippen molar-refractivity contribution in [3.8, 4) is 0 Å². The minimum Gasteiger partial charge on any atom is -0.480 e. The van der Waals surface area contributed by atoms with Crippen molar-refractivity contribution in [3.05, 3.63) is 22.8 Å². The number of aliphatic carboxylic acids is 1. The topological polar surface area (TPSA) is 62.2 Å². The van der Waals surface area contributed by atoms with Gasteiger partial charge in [0.05, 0.1) is 5.03 Å². The molecule has 0 saturated carbocycles. The number of hydrogen-bond acceptors (Lipinski definition) is 4. The summed E-state index contributed by atoms with van der Waals surface area (Å²) in [4.78, 5) is 15.3. The van der Waals surface area contributed by atoms with E-state index in [4.69, 9.17) is 5.11 Å². The molecule has 6 heteroatoms. The third kappa shape index (κ3) is 5.84. The molecule has 0 aliphatic heterocycles. The Bertz CT molecular complexity index is 384. The van der Waals surface area contributed by atoms with Gasteiger partial charge < -0.3 is 10.4 Å². The first kappa shape index (κ1) is 15.5. The number of carboxylic acids is 1. The average Bonchev–Trinajstić information content (AvgIpc) is 2.29. The highest BCUT2D eigenvalue weighted by molar-refractivity contribution is 9.10. The van der Waals surface area contributed by atoms with Crippen LogP contribution in [0.25, 0.3) is 0 Å². The van der Waals surface area contributed by atoms with Gasteiger partial charge in [0.1, 0.15) is 6.04 Å². The van der Waals surface area contributed by atoms with E-state index >= 15 is 0 Å². The number of carboxylic acid groups (broad SMARTS) is 1. The summed E-state index contributed by atoms with van der Waals surface area (Å²) in [5.41, 5.74) is 0. The highest BCUT2D eigenvalue weighted by Gasteiger charge is 2.17. The SMILES string of the molecule is CC(C)NC(CCSc1ccc(Br)cn1)C(=O)O. The number of pyridine rings is 1. The lowest BCUT2D eigenvalue weighted by atomic mass is 10.2. The lowest BCUT2D eigenvalue weighted by Crippen LogP contribution is -2.41. The zero-order valence-corrected chi connectivity index (χ0v) is 12.8. The molecule has 0 aliphatic rings. The predicted octanol–water partition coefficient (Wildman–Crippen LogP) is 2.78. The summed E-state index contributed by atoms with van der Waals surface area (Å²) in [6.07, 6.45) is 2.32. The summed E-state index contributed by atoms with van der Waals surface area (Å²) < 4.78 is 0.941. The molecule has 0 aliphatic carbocycles. The molecule has 1 heterocycles. The Morgan fingerprint density at radius 2 is 2.28 bits per heavy atom. The summed E-state index contributed by atoms with van der Waals surface area (Å²) in [5.74, 6) is -0.0706. The Hall–Kier alpha value is -0.590. The van der Waals surface area contributed by atoms with Gasteiger partial charge in [-0.2, -0.15) is 0 Å². The Labute approximate surface area is 120 Å². The highest BCUT2D eigenvalue weighted by Crippen LogP contribution is 2.18. The molecular formula is C12H17BrN2O2S. The molecule has 4 nitrogen and oxygen atoms in total. The first-order chi connectivity index (χ1) is 8.49. The van der Waals surface area contributed by atoms with Gasteiger partial charge in [0.2, 0.25) is 0 Å². The summed E-state index contributed by atoms with van der Waals surface area (Å²) in [5, 5.41) is 13.0. The van der Waals surface area contributed by atoms with Crippen molar-refractivity contribution >= 4 is 33.7 Å². The van der Waals surface area contributed by atoms with E-state index < -0.39 is 12.0 Å². The van der Waals surface area contributed by atoms with Gasteiger partial charge in [-0.05, 0) is 34.5 Å². The Morgan fingerprint density at radius 1 is 1.56 bits per heavy atom. The van der Waals surface area contributed by atoms with Crippen molar-refractivity contribution < 1.29 is 9.90 Å². The zero-order chi connectivity index (χ0) is 13.5. The molecule has 0 spiro atoms. The second kappa shape index (κ2) is 7.76. The van der Waals surface area contributed by atoms with Crippen molar-refractivity contribution in [2.45, 2.75) is 37.4 Å². The quantitative estimate of drug-likeness (QED) is 0.752. The predicted molar refractivity (Wildman–Crippen MR) is 77.0 cm³/mol. The molecule has 0 radical (unpaired) electrons. The van der Waals surface area contributed by atoms with Crippen LogP contribution in [0, 0.1) is 0 Å². The Morgan fingerprint density at radius 3 is 2.78 bits per heavy atom. The molecule has 0 saturated heterocycles. The van der Waals surface area contributed by atoms with E-state index in [0.29, 0.717) is 6.42 Å². The van der Waals surface area contributed by atoms with Gasteiger partial charge in [-0.15, -0.1) is 11.8 Å². The van der Waals surface area contributed by atoms with E-state index in [1.54, 1.807) is 18.0 Å². The van der Waals surface area contributed by atoms with Crippen LogP contribution in [0.3, 0.4) is 0 Å². The second-order valence-corrected chi connectivity index (χ2v) is 6.19. The van der Waals surface area contributed by atoms with Gasteiger partial charge >= 0.3 is 5.97 Å². The van der Waals surface area contributed by atoms with E-state index in [1.165, 1.54) is 0 Å². The molecule has 0 fully saturated rings. The molecule has 18 heavy (non-hydrogen) atoms. The van der Waals surface area contributed by atoms with Crippen LogP contribution in [0.1, 0.15) is 20.3 Å². The van der Waals surface area contributed by atoms with Gasteiger partial charge in [0, 0.05) is 22.5 Å². The average molecular weight is 333 g/mol. The molecule has 2 N–H and O–H groups in total. The molecule has 1 atom stereocenters. The zero-order valence-electron chi connectivity index (χ0n) is 10.4. The molecule has 1 unspecified atom stereocenters. The van der Waals surface area contributed by atoms with Crippen molar-refractivity contribution in [2.24, 2.45) is 0 Å². The summed E-state index contributed by atoms with van der Waals surface area (Å²) >= 11 is 4.89. The molecule has 100 valence electrons. The van der Waals surface area contributed by atoms with E-state index in [1.807, 2.05) is 26.0 Å². The number of hydrogen-bond donors (Lipinski definition) is 2. The van der Waals surface area contributed by atoms with Gasteiger partial charge in [-0.25, -0.2) is 4.98 Å². The van der Waals surface area contributed by atoms with Crippen molar-refractivity contribution in [2.75, 3.05) is 5.75 Å². The summed E-state index contributed by atoms with van der Waals surface area (Å²) in [6.45, 7) is 3.89. The van der Waals surface area contributed by atoms with E-state index in [0.717, 1.165) is 15.3 Å². The molecule has 1 aromatic rings. The second-order valence-electron chi connectivity index (χ2n) is 4.16. The van der Waals surface area contributed by atoms with E-state index in [2.05, 4.69) is 26.2 Å².